The standard InChI is InChI=1S/C18H18F2N4O2S/c19-11-1-2-12(20)10(7-11)3-4-21-17-18-23-8-13(24(18)6-5-22-17)16-15(26)14(25)9-27-16/h1-2,5-8,14-16,25-26H,3-4,9H2,(H,21,22)/t14-,15-,16+/m1/s1. The fourth-order valence-electron chi connectivity index (χ4n) is 3.19. The van der Waals surface area contributed by atoms with Crippen molar-refractivity contribution < 1.29 is 19.0 Å². The summed E-state index contributed by atoms with van der Waals surface area (Å²) >= 11 is 1.48. The quantitative estimate of drug-likeness (QED) is 0.617. The van der Waals surface area contributed by atoms with Crippen LogP contribution in [0.4, 0.5) is 14.6 Å². The molecule has 0 spiro atoms. The van der Waals surface area contributed by atoms with E-state index in [-0.39, 0.29) is 10.8 Å². The number of anilines is 1. The maximum absolute atomic E-state index is 13.7. The first-order valence-corrected chi connectivity index (χ1v) is 9.57. The van der Waals surface area contributed by atoms with Crippen molar-refractivity contribution in [3.05, 3.63) is 59.7 Å². The number of hydrogen-bond acceptors (Lipinski definition) is 6. The molecule has 3 aromatic rings. The second-order valence-electron chi connectivity index (χ2n) is 6.38. The van der Waals surface area contributed by atoms with Gasteiger partial charge in [0.2, 0.25) is 0 Å². The van der Waals surface area contributed by atoms with E-state index < -0.39 is 23.8 Å². The van der Waals surface area contributed by atoms with Crippen LogP contribution in [0.1, 0.15) is 16.5 Å². The van der Waals surface area contributed by atoms with Crippen LogP contribution in [0, 0.1) is 11.6 Å². The normalized spacial score (nSPS) is 22.4. The number of benzene rings is 1. The highest BCUT2D eigenvalue weighted by Gasteiger charge is 2.37. The summed E-state index contributed by atoms with van der Waals surface area (Å²) in [6.45, 7) is 0.356. The number of fused-ring (bicyclic) bond motifs is 1. The monoisotopic (exact) mass is 392 g/mol. The maximum atomic E-state index is 13.7. The number of imidazole rings is 1. The Morgan fingerprint density at radius 3 is 2.89 bits per heavy atom. The summed E-state index contributed by atoms with van der Waals surface area (Å²) in [5.41, 5.74) is 1.64. The van der Waals surface area contributed by atoms with Gasteiger partial charge in [-0.2, -0.15) is 0 Å². The summed E-state index contributed by atoms with van der Waals surface area (Å²) in [5, 5.41) is 22.8. The largest absolute Gasteiger partial charge is 0.390 e. The number of aromatic nitrogens is 3. The van der Waals surface area contributed by atoms with E-state index in [1.54, 1.807) is 18.6 Å². The third-order valence-corrected chi connectivity index (χ3v) is 6.01. The van der Waals surface area contributed by atoms with Gasteiger partial charge >= 0.3 is 0 Å². The second-order valence-corrected chi connectivity index (χ2v) is 7.55. The van der Waals surface area contributed by atoms with Gasteiger partial charge in [-0.15, -0.1) is 11.8 Å². The van der Waals surface area contributed by atoms with E-state index in [2.05, 4.69) is 15.3 Å². The highest BCUT2D eigenvalue weighted by atomic mass is 32.2. The molecular weight excluding hydrogens is 374 g/mol. The highest BCUT2D eigenvalue weighted by molar-refractivity contribution is 7.99. The Labute approximate surface area is 158 Å². The van der Waals surface area contributed by atoms with Gasteiger partial charge in [-0.05, 0) is 30.2 Å². The van der Waals surface area contributed by atoms with Gasteiger partial charge in [0.1, 0.15) is 11.6 Å². The summed E-state index contributed by atoms with van der Waals surface area (Å²) in [5.74, 6) is 0.0604. The van der Waals surface area contributed by atoms with Crippen LogP contribution >= 0.6 is 11.8 Å². The fourth-order valence-corrected chi connectivity index (χ4v) is 4.51. The van der Waals surface area contributed by atoms with Crippen molar-refractivity contribution in [2.45, 2.75) is 23.9 Å². The van der Waals surface area contributed by atoms with E-state index in [1.807, 2.05) is 4.40 Å². The van der Waals surface area contributed by atoms with Crippen LogP contribution in [0.2, 0.25) is 0 Å². The van der Waals surface area contributed by atoms with E-state index in [4.69, 9.17) is 0 Å². The van der Waals surface area contributed by atoms with Crippen molar-refractivity contribution in [2.75, 3.05) is 17.6 Å². The summed E-state index contributed by atoms with van der Waals surface area (Å²) in [7, 11) is 0. The molecular formula is C18H18F2N4O2S. The predicted molar refractivity (Wildman–Crippen MR) is 98.8 cm³/mol. The van der Waals surface area contributed by atoms with Crippen molar-refractivity contribution in [1.82, 2.24) is 14.4 Å². The zero-order chi connectivity index (χ0) is 19.0. The molecule has 3 heterocycles. The molecule has 27 heavy (non-hydrogen) atoms. The third kappa shape index (κ3) is 3.50. The molecule has 1 fully saturated rings. The van der Waals surface area contributed by atoms with Crippen LogP contribution in [0.5, 0.6) is 0 Å². The lowest BCUT2D eigenvalue weighted by Crippen LogP contribution is -2.25. The molecule has 1 aliphatic rings. The van der Waals surface area contributed by atoms with Crippen LogP contribution < -0.4 is 5.32 Å². The van der Waals surface area contributed by atoms with Crippen molar-refractivity contribution in [1.29, 1.82) is 0 Å². The van der Waals surface area contributed by atoms with Gasteiger partial charge in [0.05, 0.1) is 29.3 Å². The minimum absolute atomic E-state index is 0.272. The Kier molecular flexibility index (Phi) is 4.98. The molecule has 0 radical (unpaired) electrons. The zero-order valence-corrected chi connectivity index (χ0v) is 15.0. The number of aliphatic hydroxyl groups excluding tert-OH is 2. The van der Waals surface area contributed by atoms with Crippen molar-refractivity contribution >= 4 is 23.2 Å². The van der Waals surface area contributed by atoms with Crippen molar-refractivity contribution in [3.8, 4) is 0 Å². The molecule has 2 aromatic heterocycles. The minimum Gasteiger partial charge on any atom is -0.390 e. The van der Waals surface area contributed by atoms with Gasteiger partial charge in [-0.3, -0.25) is 4.40 Å². The third-order valence-electron chi connectivity index (χ3n) is 4.59. The molecule has 0 amide bonds. The molecule has 9 heteroatoms. The molecule has 4 rings (SSSR count). The molecule has 1 aliphatic heterocycles. The van der Waals surface area contributed by atoms with Gasteiger partial charge in [-0.1, -0.05) is 0 Å². The summed E-state index contributed by atoms with van der Waals surface area (Å²) < 4.78 is 28.8. The number of rotatable bonds is 5. The average molecular weight is 392 g/mol. The topological polar surface area (TPSA) is 82.7 Å². The molecule has 0 aliphatic carbocycles. The van der Waals surface area contributed by atoms with E-state index >= 15 is 0 Å². The van der Waals surface area contributed by atoms with E-state index in [0.29, 0.717) is 30.2 Å². The SMILES string of the molecule is O[C@@H]1[C@H](O)CS[C@H]1c1cnc2c(NCCc3cc(F)ccc3F)nccn12. The van der Waals surface area contributed by atoms with E-state index in [9.17, 15) is 19.0 Å². The lowest BCUT2D eigenvalue weighted by molar-refractivity contribution is 0.0411. The Morgan fingerprint density at radius 1 is 1.26 bits per heavy atom. The summed E-state index contributed by atoms with van der Waals surface area (Å²) in [6.07, 6.45) is 3.69. The van der Waals surface area contributed by atoms with Gasteiger partial charge in [0.25, 0.3) is 0 Å². The van der Waals surface area contributed by atoms with E-state index in [1.165, 1.54) is 17.8 Å². The molecule has 0 unspecified atom stereocenters. The van der Waals surface area contributed by atoms with Crippen LogP contribution in [-0.2, 0) is 6.42 Å². The molecule has 6 nitrogen and oxygen atoms in total. The number of halogens is 2. The molecule has 0 saturated carbocycles. The number of aliphatic hydroxyl groups is 2. The molecule has 3 N–H and O–H groups in total. The van der Waals surface area contributed by atoms with E-state index in [0.717, 1.165) is 17.8 Å². The number of hydrogen-bond donors (Lipinski definition) is 3. The van der Waals surface area contributed by atoms with Crippen LogP contribution in [0.25, 0.3) is 5.65 Å². The first-order chi connectivity index (χ1) is 13.0. The van der Waals surface area contributed by atoms with Gasteiger partial charge in [0, 0.05) is 24.7 Å². The number of nitrogens with one attached hydrogen (secondary N) is 1. The lowest BCUT2D eigenvalue weighted by Gasteiger charge is -2.15. The first kappa shape index (κ1) is 18.1. The van der Waals surface area contributed by atoms with Crippen LogP contribution in [0.3, 0.4) is 0 Å². The van der Waals surface area contributed by atoms with Crippen LogP contribution in [-0.4, -0.2) is 49.1 Å². The number of thioether (sulfide) groups is 1. The average Bonchev–Trinajstić information content (AvgIpc) is 3.22. The highest BCUT2D eigenvalue weighted by Crippen LogP contribution is 2.40. The lowest BCUT2D eigenvalue weighted by atomic mass is 10.1. The minimum atomic E-state index is -0.851. The predicted octanol–water partition coefficient (Wildman–Crippen LogP) is 2.17. The van der Waals surface area contributed by atoms with Crippen molar-refractivity contribution in [2.24, 2.45) is 0 Å². The molecule has 1 aromatic carbocycles. The second kappa shape index (κ2) is 7.41. The number of nitrogens with zero attached hydrogens (tertiary/aromatic N) is 3. The molecule has 0 bridgehead atoms. The molecule has 1 saturated heterocycles. The van der Waals surface area contributed by atoms with Crippen LogP contribution in [0.15, 0.2) is 36.8 Å². The van der Waals surface area contributed by atoms with Gasteiger partial charge in [0.15, 0.2) is 11.5 Å². The zero-order valence-electron chi connectivity index (χ0n) is 14.2. The summed E-state index contributed by atoms with van der Waals surface area (Å²) in [6, 6.07) is 3.39. The van der Waals surface area contributed by atoms with Crippen molar-refractivity contribution in [3.63, 3.8) is 0 Å². The Morgan fingerprint density at radius 2 is 2.11 bits per heavy atom. The Bertz CT molecular complexity index is 968. The molecule has 3 atom stereocenters. The van der Waals surface area contributed by atoms with Gasteiger partial charge in [-0.25, -0.2) is 18.7 Å². The Balaban J connectivity index is 1.52. The molecule has 142 valence electrons. The van der Waals surface area contributed by atoms with Gasteiger partial charge < -0.3 is 15.5 Å². The Hall–Kier alpha value is -2.23. The maximum Gasteiger partial charge on any atom is 0.180 e. The first-order valence-electron chi connectivity index (χ1n) is 8.52. The smallest absolute Gasteiger partial charge is 0.180 e. The fraction of sp³-hybridized carbons (Fsp3) is 0.333. The summed E-state index contributed by atoms with van der Waals surface area (Å²) in [4.78, 5) is 8.65.